The first kappa shape index (κ1) is 19.2. The van der Waals surface area contributed by atoms with Crippen molar-refractivity contribution in [3.8, 4) is 5.75 Å². The number of amides is 2. The van der Waals surface area contributed by atoms with Gasteiger partial charge >= 0.3 is 17.0 Å². The highest BCUT2D eigenvalue weighted by Crippen LogP contribution is 2.27. The van der Waals surface area contributed by atoms with Gasteiger partial charge < -0.3 is 10.1 Å². The van der Waals surface area contributed by atoms with Crippen LogP contribution >= 0.6 is 11.3 Å². The van der Waals surface area contributed by atoms with Crippen molar-refractivity contribution in [2.24, 2.45) is 5.18 Å². The molecule has 1 aromatic heterocycles. The first-order valence-electron chi connectivity index (χ1n) is 7.71. The van der Waals surface area contributed by atoms with Crippen molar-refractivity contribution in [3.63, 3.8) is 0 Å². The Balaban J connectivity index is 2.24. The Morgan fingerprint density at radius 2 is 2.04 bits per heavy atom. The average Bonchev–Trinajstić information content (AvgIpc) is 3.02. The smallest absolute Gasteiger partial charge is 0.343 e. The molecule has 1 heterocycles. The number of nitrogens with one attached hydrogen (secondary N) is 3. The summed E-state index contributed by atoms with van der Waals surface area (Å²) in [4.78, 5) is 48.6. The molecule has 2 aromatic rings. The van der Waals surface area contributed by atoms with Crippen LogP contribution in [0.25, 0.3) is 0 Å². The number of aromatic amines is 1. The lowest BCUT2D eigenvalue weighted by Gasteiger charge is -2.10. The average molecular weight is 377 g/mol. The normalized spacial score (nSPS) is 10.1. The summed E-state index contributed by atoms with van der Waals surface area (Å²) in [7, 11) is 0. The van der Waals surface area contributed by atoms with E-state index in [4.69, 9.17) is 4.74 Å². The van der Waals surface area contributed by atoms with Crippen LogP contribution in [0.1, 0.15) is 37.0 Å². The number of rotatable bonds is 7. The highest BCUT2D eigenvalue weighted by molar-refractivity contribution is 7.18. The molecule has 0 aliphatic carbocycles. The van der Waals surface area contributed by atoms with E-state index in [-0.39, 0.29) is 22.2 Å². The highest BCUT2D eigenvalue weighted by atomic mass is 32.1. The molecule has 0 aliphatic rings. The van der Waals surface area contributed by atoms with E-state index in [0.717, 1.165) is 11.3 Å². The fraction of sp³-hybridized carbons (Fsp3) is 0.250. The Morgan fingerprint density at radius 3 is 2.65 bits per heavy atom. The molecule has 0 radical (unpaired) electrons. The lowest BCUT2D eigenvalue weighted by atomic mass is 10.1. The van der Waals surface area contributed by atoms with Gasteiger partial charge in [-0.15, -0.1) is 4.91 Å². The maximum atomic E-state index is 12.4. The highest BCUT2D eigenvalue weighted by Gasteiger charge is 2.21. The number of benzene rings is 1. The molecule has 0 fully saturated rings. The predicted octanol–water partition coefficient (Wildman–Crippen LogP) is 2.88. The Kier molecular flexibility index (Phi) is 6.50. The summed E-state index contributed by atoms with van der Waals surface area (Å²) < 4.78 is 5.09. The van der Waals surface area contributed by atoms with Crippen LogP contribution in [0.2, 0.25) is 0 Å². The van der Waals surface area contributed by atoms with Gasteiger partial charge in [0.15, 0.2) is 0 Å². The zero-order valence-electron chi connectivity index (χ0n) is 14.1. The van der Waals surface area contributed by atoms with E-state index in [1.807, 2.05) is 6.92 Å². The first-order valence-corrected chi connectivity index (χ1v) is 8.53. The molecule has 0 spiro atoms. The Labute approximate surface area is 152 Å². The fourth-order valence-electron chi connectivity index (χ4n) is 2.05. The lowest BCUT2D eigenvalue weighted by Crippen LogP contribution is -2.18. The van der Waals surface area contributed by atoms with Crippen LogP contribution in [-0.4, -0.2) is 17.8 Å². The van der Waals surface area contributed by atoms with Gasteiger partial charge in [0.25, 0.3) is 0 Å². The van der Waals surface area contributed by atoms with Crippen molar-refractivity contribution >= 4 is 44.9 Å². The third-order valence-corrected chi connectivity index (χ3v) is 3.92. The van der Waals surface area contributed by atoms with Crippen LogP contribution in [0.4, 0.5) is 15.8 Å². The number of H-pyrrole nitrogens is 1. The zero-order valence-corrected chi connectivity index (χ0v) is 14.9. The molecule has 0 unspecified atom stereocenters. The first-order chi connectivity index (χ1) is 12.4. The van der Waals surface area contributed by atoms with Gasteiger partial charge in [0.05, 0.1) is 0 Å². The van der Waals surface area contributed by atoms with Gasteiger partial charge in [-0.2, -0.15) is 5.32 Å². The minimum Gasteiger partial charge on any atom is -0.426 e. The molecule has 0 aliphatic heterocycles. The van der Waals surface area contributed by atoms with E-state index in [0.29, 0.717) is 23.7 Å². The second kappa shape index (κ2) is 8.81. The molecule has 3 N–H and O–H groups in total. The monoisotopic (exact) mass is 377 g/mol. The second-order valence-corrected chi connectivity index (χ2v) is 6.24. The van der Waals surface area contributed by atoms with E-state index in [2.05, 4.69) is 20.8 Å². The number of esters is 1. The number of hydrogen-bond donors (Lipinski definition) is 2. The molecule has 1 aromatic carbocycles. The Morgan fingerprint density at radius 1 is 1.27 bits per heavy atom. The van der Waals surface area contributed by atoms with Crippen molar-refractivity contribution in [2.45, 2.75) is 26.7 Å². The minimum atomic E-state index is -0.605. The second-order valence-electron chi connectivity index (χ2n) is 5.21. The summed E-state index contributed by atoms with van der Waals surface area (Å²) in [6.45, 7) is 3.09. The van der Waals surface area contributed by atoms with Gasteiger partial charge in [0, 0.05) is 25.1 Å². The minimum absolute atomic E-state index is 0.00888. The van der Waals surface area contributed by atoms with Crippen molar-refractivity contribution in [2.75, 3.05) is 10.6 Å². The molecule has 0 saturated heterocycles. The Hall–Kier alpha value is -3.14. The number of nitroso groups, excluding NO2 is 1. The lowest BCUT2D eigenvalue weighted by molar-refractivity contribution is -0.353. The summed E-state index contributed by atoms with van der Waals surface area (Å²) in [5.74, 6) is -1.33. The molecule has 136 valence electrons. The van der Waals surface area contributed by atoms with Crippen LogP contribution in [0.15, 0.2) is 29.6 Å². The van der Waals surface area contributed by atoms with Crippen molar-refractivity contribution in [3.05, 3.63) is 34.9 Å². The number of thiazole rings is 1. The number of hydrogen-bond acceptors (Lipinski definition) is 7. The SMILES string of the molecule is CCCC(=O)Nc1ccc(C(=O)Nc2[nH+]cc(N=O)s2)c(OC(C)=O)c1. The van der Waals surface area contributed by atoms with Crippen LogP contribution in [0, 0.1) is 4.91 Å². The van der Waals surface area contributed by atoms with Crippen molar-refractivity contribution < 1.29 is 24.1 Å². The van der Waals surface area contributed by atoms with E-state index in [1.54, 1.807) is 0 Å². The van der Waals surface area contributed by atoms with Gasteiger partial charge in [-0.3, -0.25) is 9.59 Å². The van der Waals surface area contributed by atoms with Gasteiger partial charge in [0.2, 0.25) is 10.9 Å². The topological polar surface area (TPSA) is 128 Å². The zero-order chi connectivity index (χ0) is 19.1. The number of ether oxygens (including phenoxy) is 1. The molecule has 9 nitrogen and oxygen atoms in total. The number of carbonyl (C=O) groups excluding carboxylic acids is 3. The third-order valence-electron chi connectivity index (χ3n) is 3.09. The summed E-state index contributed by atoms with van der Waals surface area (Å²) in [6.07, 6.45) is 2.40. The molecular formula is C16H17N4O5S+. The van der Waals surface area contributed by atoms with Crippen molar-refractivity contribution in [1.29, 1.82) is 0 Å². The number of carbonyl (C=O) groups is 3. The van der Waals surface area contributed by atoms with E-state index in [9.17, 15) is 19.3 Å². The number of nitrogens with zero attached hydrogens (tertiary/aromatic N) is 1. The van der Waals surface area contributed by atoms with Gasteiger partial charge in [-0.25, -0.2) is 9.78 Å². The summed E-state index contributed by atoms with van der Waals surface area (Å²) in [5.41, 5.74) is 0.502. The van der Waals surface area contributed by atoms with E-state index < -0.39 is 11.9 Å². The largest absolute Gasteiger partial charge is 0.426 e. The van der Waals surface area contributed by atoms with Crippen LogP contribution < -0.4 is 20.4 Å². The maximum Gasteiger partial charge on any atom is 0.343 e. The molecule has 0 bridgehead atoms. The molecule has 0 atom stereocenters. The Bertz CT molecular complexity index is 849. The van der Waals surface area contributed by atoms with Crippen LogP contribution in [-0.2, 0) is 9.59 Å². The fourth-order valence-corrected chi connectivity index (χ4v) is 2.67. The quantitative estimate of drug-likeness (QED) is 0.435. The van der Waals surface area contributed by atoms with E-state index in [1.165, 1.54) is 31.3 Å². The predicted molar refractivity (Wildman–Crippen MR) is 95.6 cm³/mol. The third kappa shape index (κ3) is 5.18. The van der Waals surface area contributed by atoms with Gasteiger partial charge in [-0.05, 0) is 35.1 Å². The summed E-state index contributed by atoms with van der Waals surface area (Å²) in [5, 5.41) is 8.46. The maximum absolute atomic E-state index is 12.4. The molecule has 10 heteroatoms. The summed E-state index contributed by atoms with van der Waals surface area (Å²) in [6, 6.07) is 4.37. The molecular weight excluding hydrogens is 360 g/mol. The van der Waals surface area contributed by atoms with Crippen molar-refractivity contribution in [1.82, 2.24) is 0 Å². The number of anilines is 2. The standard InChI is InChI=1S/C16H16N4O5S/c1-3-4-13(22)18-10-5-6-11(12(7-10)25-9(2)21)15(23)19-16-17-8-14(20-24)26-16/h5-8H,3-4H2,1-2H3,(H,18,22)(H,17,19,23)/p+1. The summed E-state index contributed by atoms with van der Waals surface area (Å²) >= 11 is 0.961. The number of aromatic nitrogens is 1. The molecule has 0 saturated carbocycles. The van der Waals surface area contributed by atoms with Gasteiger partial charge in [-0.1, -0.05) is 6.92 Å². The van der Waals surface area contributed by atoms with Crippen LogP contribution in [0.5, 0.6) is 5.75 Å². The molecule has 2 rings (SSSR count). The molecule has 26 heavy (non-hydrogen) atoms. The molecule has 2 amide bonds. The van der Waals surface area contributed by atoms with Crippen LogP contribution in [0.3, 0.4) is 0 Å². The van der Waals surface area contributed by atoms with Gasteiger partial charge in [0.1, 0.15) is 17.5 Å². The van der Waals surface area contributed by atoms with E-state index >= 15 is 0 Å².